The minimum Gasteiger partial charge on any atom is -0.481 e. The molecule has 0 unspecified atom stereocenters. The van der Waals surface area contributed by atoms with Gasteiger partial charge in [0.25, 0.3) is 5.91 Å². The predicted molar refractivity (Wildman–Crippen MR) is 80.8 cm³/mol. The molecule has 0 radical (unpaired) electrons. The Kier molecular flexibility index (Phi) is 4.44. The number of carboxylic acid groups (broad SMARTS) is 1. The molecule has 0 spiro atoms. The van der Waals surface area contributed by atoms with Crippen LogP contribution in [0.1, 0.15) is 49.3 Å². The van der Waals surface area contributed by atoms with Crippen LogP contribution >= 0.6 is 0 Å². The lowest BCUT2D eigenvalue weighted by atomic mass is 9.88. The molecule has 0 aromatic carbocycles. The van der Waals surface area contributed by atoms with Crippen LogP contribution in [0, 0.1) is 6.92 Å². The first-order valence-electron chi connectivity index (χ1n) is 7.26. The van der Waals surface area contributed by atoms with E-state index in [2.05, 4.69) is 15.5 Å². The largest absolute Gasteiger partial charge is 0.481 e. The Hall–Kier alpha value is -2.44. The molecule has 0 aliphatic heterocycles. The normalized spacial score (nSPS) is 11.6. The van der Waals surface area contributed by atoms with Crippen LogP contribution in [-0.2, 0) is 4.79 Å². The van der Waals surface area contributed by atoms with E-state index in [0.29, 0.717) is 29.9 Å². The topological polar surface area (TPSA) is 96.6 Å². The van der Waals surface area contributed by atoms with Crippen molar-refractivity contribution in [3.63, 3.8) is 0 Å². The van der Waals surface area contributed by atoms with Gasteiger partial charge in [-0.1, -0.05) is 13.8 Å². The third-order valence-corrected chi connectivity index (χ3v) is 4.06. The van der Waals surface area contributed by atoms with Gasteiger partial charge in [0, 0.05) is 6.20 Å². The smallest absolute Gasteiger partial charge is 0.305 e. The van der Waals surface area contributed by atoms with Crippen molar-refractivity contribution in [1.29, 1.82) is 0 Å². The third kappa shape index (κ3) is 3.08. The third-order valence-electron chi connectivity index (χ3n) is 4.06. The van der Waals surface area contributed by atoms with Gasteiger partial charge in [0.05, 0.1) is 17.5 Å². The van der Waals surface area contributed by atoms with Crippen LogP contribution in [0.4, 0.5) is 0 Å². The number of carbonyl (C=O) groups is 2. The van der Waals surface area contributed by atoms with Crippen LogP contribution in [0.25, 0.3) is 5.65 Å². The van der Waals surface area contributed by atoms with E-state index in [4.69, 9.17) is 5.11 Å². The second-order valence-corrected chi connectivity index (χ2v) is 5.41. The van der Waals surface area contributed by atoms with Gasteiger partial charge < -0.3 is 10.4 Å². The monoisotopic (exact) mass is 304 g/mol. The number of nitrogens with one attached hydrogen (secondary N) is 1. The van der Waals surface area contributed by atoms with Crippen LogP contribution in [0.2, 0.25) is 0 Å². The van der Waals surface area contributed by atoms with E-state index in [9.17, 15) is 9.59 Å². The zero-order valence-corrected chi connectivity index (χ0v) is 13.0. The molecule has 2 aromatic heterocycles. The lowest BCUT2D eigenvalue weighted by Gasteiger charge is -2.31. The Labute approximate surface area is 128 Å². The number of hydrogen-bond donors (Lipinski definition) is 2. The summed E-state index contributed by atoms with van der Waals surface area (Å²) in [6.07, 6.45) is 2.67. The highest BCUT2D eigenvalue weighted by molar-refractivity contribution is 5.95. The van der Waals surface area contributed by atoms with Gasteiger partial charge in [-0.05, 0) is 31.9 Å². The molecule has 0 saturated carbocycles. The van der Waals surface area contributed by atoms with E-state index in [1.807, 2.05) is 13.8 Å². The molecular formula is C15H20N4O3. The van der Waals surface area contributed by atoms with Gasteiger partial charge in [0.2, 0.25) is 0 Å². The Bertz CT molecular complexity index is 704. The number of carboxylic acids is 1. The molecule has 2 rings (SSSR count). The second kappa shape index (κ2) is 6.13. The number of nitrogens with zero attached hydrogens (tertiary/aromatic N) is 3. The number of aromatic nitrogens is 3. The van der Waals surface area contributed by atoms with Gasteiger partial charge in [-0.15, -0.1) is 10.2 Å². The maximum absolute atomic E-state index is 12.5. The van der Waals surface area contributed by atoms with E-state index in [0.717, 1.165) is 0 Å². The highest BCUT2D eigenvalue weighted by Gasteiger charge is 2.31. The van der Waals surface area contributed by atoms with E-state index >= 15 is 0 Å². The molecule has 0 fully saturated rings. The molecule has 0 aliphatic rings. The van der Waals surface area contributed by atoms with Gasteiger partial charge in [0.1, 0.15) is 5.82 Å². The first-order valence-corrected chi connectivity index (χ1v) is 7.26. The molecule has 2 heterocycles. The van der Waals surface area contributed by atoms with Crippen LogP contribution in [0.5, 0.6) is 0 Å². The molecular weight excluding hydrogens is 284 g/mol. The average molecular weight is 304 g/mol. The first kappa shape index (κ1) is 15.9. The number of aliphatic carboxylic acids is 1. The van der Waals surface area contributed by atoms with Crippen molar-refractivity contribution in [3.05, 3.63) is 29.7 Å². The quantitative estimate of drug-likeness (QED) is 0.848. The van der Waals surface area contributed by atoms with Gasteiger partial charge in [-0.3, -0.25) is 14.0 Å². The molecule has 2 N–H and O–H groups in total. The zero-order valence-electron chi connectivity index (χ0n) is 13.0. The number of rotatable bonds is 6. The lowest BCUT2D eigenvalue weighted by Crippen LogP contribution is -2.49. The highest BCUT2D eigenvalue weighted by Crippen LogP contribution is 2.21. The summed E-state index contributed by atoms with van der Waals surface area (Å²) in [5.74, 6) is -0.526. The standard InChI is InChI=1S/C15H20N4O3/c1-4-15(5-2,8-13(20)21)16-14(22)11-6-7-12-18-17-10(3)19(12)9-11/h6-7,9H,4-5,8H2,1-3H3,(H,16,22)(H,20,21). The summed E-state index contributed by atoms with van der Waals surface area (Å²) in [4.78, 5) is 23.5. The van der Waals surface area contributed by atoms with Crippen molar-refractivity contribution in [2.45, 2.75) is 45.6 Å². The Morgan fingerprint density at radius 3 is 2.55 bits per heavy atom. The summed E-state index contributed by atoms with van der Waals surface area (Å²) in [5, 5.41) is 19.9. The fourth-order valence-electron chi connectivity index (χ4n) is 2.46. The SMILES string of the molecule is CCC(CC)(CC(=O)O)NC(=O)c1ccc2nnc(C)n2c1. The summed E-state index contributed by atoms with van der Waals surface area (Å²) in [5.41, 5.74) is 0.379. The molecule has 0 bridgehead atoms. The molecule has 2 aromatic rings. The number of hydrogen-bond acceptors (Lipinski definition) is 4. The first-order chi connectivity index (χ1) is 10.4. The van der Waals surface area contributed by atoms with Crippen LogP contribution in [0.15, 0.2) is 18.3 Å². The summed E-state index contributed by atoms with van der Waals surface area (Å²) in [6.45, 7) is 5.55. The fraction of sp³-hybridized carbons (Fsp3) is 0.467. The van der Waals surface area contributed by atoms with E-state index in [1.54, 1.807) is 29.7 Å². The van der Waals surface area contributed by atoms with Crippen LogP contribution < -0.4 is 5.32 Å². The zero-order chi connectivity index (χ0) is 16.3. The van der Waals surface area contributed by atoms with Gasteiger partial charge >= 0.3 is 5.97 Å². The van der Waals surface area contributed by atoms with Crippen molar-refractivity contribution < 1.29 is 14.7 Å². The number of fused-ring (bicyclic) bond motifs is 1. The van der Waals surface area contributed by atoms with Crippen molar-refractivity contribution in [1.82, 2.24) is 19.9 Å². The number of aryl methyl sites for hydroxylation is 1. The van der Waals surface area contributed by atoms with E-state index in [1.165, 1.54) is 0 Å². The number of pyridine rings is 1. The maximum Gasteiger partial charge on any atom is 0.305 e. The van der Waals surface area contributed by atoms with Gasteiger partial charge in [-0.2, -0.15) is 0 Å². The molecule has 118 valence electrons. The highest BCUT2D eigenvalue weighted by atomic mass is 16.4. The van der Waals surface area contributed by atoms with Crippen molar-refractivity contribution in [3.8, 4) is 0 Å². The van der Waals surface area contributed by atoms with E-state index in [-0.39, 0.29) is 12.3 Å². The predicted octanol–water partition coefficient (Wildman–Crippen LogP) is 1.80. The van der Waals surface area contributed by atoms with Crippen LogP contribution in [0.3, 0.4) is 0 Å². The van der Waals surface area contributed by atoms with Crippen LogP contribution in [-0.4, -0.2) is 37.1 Å². The molecule has 0 atom stereocenters. The van der Waals surface area contributed by atoms with Gasteiger partial charge in [0.15, 0.2) is 5.65 Å². The molecule has 0 aliphatic carbocycles. The van der Waals surface area contributed by atoms with Crippen molar-refractivity contribution in [2.75, 3.05) is 0 Å². The Balaban J connectivity index is 2.28. The fourth-order valence-corrected chi connectivity index (χ4v) is 2.46. The Morgan fingerprint density at radius 1 is 1.27 bits per heavy atom. The summed E-state index contributed by atoms with van der Waals surface area (Å²) >= 11 is 0. The lowest BCUT2D eigenvalue weighted by molar-refractivity contribution is -0.138. The maximum atomic E-state index is 12.5. The average Bonchev–Trinajstić information content (AvgIpc) is 2.87. The minimum atomic E-state index is -0.922. The molecule has 7 heteroatoms. The molecule has 7 nitrogen and oxygen atoms in total. The number of amides is 1. The van der Waals surface area contributed by atoms with Crippen molar-refractivity contribution in [2.24, 2.45) is 0 Å². The molecule has 22 heavy (non-hydrogen) atoms. The van der Waals surface area contributed by atoms with E-state index < -0.39 is 11.5 Å². The number of carbonyl (C=O) groups excluding carboxylic acids is 1. The van der Waals surface area contributed by atoms with Gasteiger partial charge in [-0.25, -0.2) is 0 Å². The minimum absolute atomic E-state index is 0.0976. The second-order valence-electron chi connectivity index (χ2n) is 5.41. The summed E-state index contributed by atoms with van der Waals surface area (Å²) < 4.78 is 1.73. The summed E-state index contributed by atoms with van der Waals surface area (Å²) in [6, 6.07) is 3.38. The summed E-state index contributed by atoms with van der Waals surface area (Å²) in [7, 11) is 0. The molecule has 1 amide bonds. The van der Waals surface area contributed by atoms with Crippen molar-refractivity contribution >= 4 is 17.5 Å². The molecule has 0 saturated heterocycles. The Morgan fingerprint density at radius 2 is 1.95 bits per heavy atom.